The highest BCUT2D eigenvalue weighted by Crippen LogP contribution is 2.33. The van der Waals surface area contributed by atoms with E-state index in [0.717, 1.165) is 45.5 Å². The predicted octanol–water partition coefficient (Wildman–Crippen LogP) is 6.88. The molecule has 2 heterocycles. The maximum absolute atomic E-state index is 12.4. The number of anilines is 1. The zero-order chi connectivity index (χ0) is 29.9. The Hall–Kier alpha value is -4.19. The number of alkyl halides is 3. The van der Waals surface area contributed by atoms with Gasteiger partial charge in [0.25, 0.3) is 0 Å². The van der Waals surface area contributed by atoms with Gasteiger partial charge in [-0.1, -0.05) is 36.0 Å². The molecule has 0 N–H and O–H groups in total. The highest BCUT2D eigenvalue weighted by atomic mass is 32.2. The van der Waals surface area contributed by atoms with Crippen molar-refractivity contribution in [3.63, 3.8) is 0 Å². The van der Waals surface area contributed by atoms with Gasteiger partial charge in [-0.2, -0.15) is 5.10 Å². The monoisotopic (exact) mass is 596 g/mol. The molecule has 12 heteroatoms. The summed E-state index contributed by atoms with van der Waals surface area (Å²) in [5.74, 6) is 2.06. The van der Waals surface area contributed by atoms with Crippen LogP contribution in [0.25, 0.3) is 17.1 Å². The summed E-state index contributed by atoms with van der Waals surface area (Å²) in [7, 11) is 3.64. The van der Waals surface area contributed by atoms with Gasteiger partial charge < -0.3 is 14.4 Å². The van der Waals surface area contributed by atoms with Crippen molar-refractivity contribution in [2.24, 2.45) is 5.10 Å². The number of ether oxygens (including phenoxy) is 2. The first kappa shape index (κ1) is 29.3. The van der Waals surface area contributed by atoms with E-state index in [1.54, 1.807) is 18.9 Å². The molecule has 0 bridgehead atoms. The molecule has 0 spiro atoms. The van der Waals surface area contributed by atoms with Gasteiger partial charge in [-0.15, -0.1) is 18.3 Å². The van der Waals surface area contributed by atoms with Crippen LogP contribution in [0.4, 0.5) is 18.9 Å². The first-order valence-electron chi connectivity index (χ1n) is 13.3. The van der Waals surface area contributed by atoms with Crippen molar-refractivity contribution in [2.75, 3.05) is 24.8 Å². The quantitative estimate of drug-likeness (QED) is 0.205. The van der Waals surface area contributed by atoms with Crippen LogP contribution < -0.4 is 14.4 Å². The Balaban J connectivity index is 1.26. The summed E-state index contributed by atoms with van der Waals surface area (Å²) < 4.78 is 48.1. The molecule has 1 atom stereocenters. The van der Waals surface area contributed by atoms with Crippen molar-refractivity contribution in [3.8, 4) is 28.6 Å². The fourth-order valence-electron chi connectivity index (χ4n) is 4.68. The van der Waals surface area contributed by atoms with Crippen LogP contribution >= 0.6 is 11.8 Å². The number of methoxy groups -OCH3 is 1. The SMILES string of the molecule is COc1ccc(N2/C(=N/N(C)Cc3ccc(-c4ncn(-c5ccc(OC(F)(F)F)cc5)n4)cc3)SCCC2C)c(C)c1. The molecule has 5 rings (SSSR count). The van der Waals surface area contributed by atoms with Crippen LogP contribution in [0, 0.1) is 6.92 Å². The fourth-order valence-corrected chi connectivity index (χ4v) is 5.93. The minimum atomic E-state index is -4.74. The second-order valence-electron chi connectivity index (χ2n) is 9.96. The van der Waals surface area contributed by atoms with E-state index in [2.05, 4.69) is 39.6 Å². The second-order valence-corrected chi connectivity index (χ2v) is 11.0. The third kappa shape index (κ3) is 6.99. The summed E-state index contributed by atoms with van der Waals surface area (Å²) in [5.41, 5.74) is 4.73. The molecule has 1 unspecified atom stereocenters. The van der Waals surface area contributed by atoms with Crippen molar-refractivity contribution in [3.05, 3.63) is 84.2 Å². The smallest absolute Gasteiger partial charge is 0.497 e. The van der Waals surface area contributed by atoms with Crippen molar-refractivity contribution >= 4 is 22.6 Å². The molecule has 1 fully saturated rings. The second kappa shape index (κ2) is 12.4. The molecule has 220 valence electrons. The Labute approximate surface area is 246 Å². The first-order valence-corrected chi connectivity index (χ1v) is 14.3. The van der Waals surface area contributed by atoms with E-state index in [4.69, 9.17) is 9.84 Å². The topological polar surface area (TPSA) is 68.0 Å². The van der Waals surface area contributed by atoms with Gasteiger partial charge in [0.1, 0.15) is 17.8 Å². The van der Waals surface area contributed by atoms with Gasteiger partial charge in [0, 0.05) is 30.1 Å². The molecule has 3 aromatic carbocycles. The minimum Gasteiger partial charge on any atom is -0.497 e. The van der Waals surface area contributed by atoms with Crippen molar-refractivity contribution in [1.82, 2.24) is 19.8 Å². The Morgan fingerprint density at radius 2 is 1.76 bits per heavy atom. The molecule has 0 saturated carbocycles. The van der Waals surface area contributed by atoms with E-state index in [-0.39, 0.29) is 5.75 Å². The number of hydrogen-bond donors (Lipinski definition) is 0. The summed E-state index contributed by atoms with van der Waals surface area (Å²) in [6, 6.07) is 19.8. The number of amidine groups is 1. The van der Waals surface area contributed by atoms with E-state index < -0.39 is 6.36 Å². The van der Waals surface area contributed by atoms with Crippen LogP contribution in [0.1, 0.15) is 24.5 Å². The van der Waals surface area contributed by atoms with Gasteiger partial charge in [-0.25, -0.2) is 9.67 Å². The number of thioether (sulfide) groups is 1. The lowest BCUT2D eigenvalue weighted by atomic mass is 10.1. The normalized spacial score (nSPS) is 16.5. The van der Waals surface area contributed by atoms with Gasteiger partial charge >= 0.3 is 6.36 Å². The molecule has 1 saturated heterocycles. The van der Waals surface area contributed by atoms with Gasteiger partial charge in [0.05, 0.1) is 19.3 Å². The number of rotatable bonds is 8. The number of hydrazone groups is 1. The third-order valence-corrected chi connectivity index (χ3v) is 7.76. The first-order chi connectivity index (χ1) is 20.1. The van der Waals surface area contributed by atoms with Crippen LogP contribution in [-0.4, -0.2) is 57.3 Å². The van der Waals surface area contributed by atoms with Gasteiger partial charge in [-0.3, -0.25) is 5.01 Å². The van der Waals surface area contributed by atoms with Gasteiger partial charge in [0.2, 0.25) is 0 Å². The molecule has 42 heavy (non-hydrogen) atoms. The Kier molecular flexibility index (Phi) is 8.62. The number of aromatic nitrogens is 3. The van der Waals surface area contributed by atoms with Crippen molar-refractivity contribution < 1.29 is 22.6 Å². The molecule has 1 aliphatic heterocycles. The zero-order valence-electron chi connectivity index (χ0n) is 23.7. The largest absolute Gasteiger partial charge is 0.573 e. The van der Waals surface area contributed by atoms with Gasteiger partial charge in [0.15, 0.2) is 11.0 Å². The number of hydrogen-bond acceptors (Lipinski definition) is 7. The summed E-state index contributed by atoms with van der Waals surface area (Å²) in [6.07, 6.45) is -2.15. The lowest BCUT2D eigenvalue weighted by Crippen LogP contribution is -2.42. The van der Waals surface area contributed by atoms with E-state index in [1.165, 1.54) is 35.3 Å². The lowest BCUT2D eigenvalue weighted by Gasteiger charge is -2.37. The molecule has 1 aromatic heterocycles. The summed E-state index contributed by atoms with van der Waals surface area (Å²) in [5, 5.41) is 12.4. The Morgan fingerprint density at radius 1 is 1.05 bits per heavy atom. The van der Waals surface area contributed by atoms with Crippen molar-refractivity contribution in [2.45, 2.75) is 39.2 Å². The average Bonchev–Trinajstić information content (AvgIpc) is 3.44. The van der Waals surface area contributed by atoms with E-state index in [1.807, 2.05) is 48.5 Å². The predicted molar refractivity (Wildman–Crippen MR) is 159 cm³/mol. The van der Waals surface area contributed by atoms with Crippen LogP contribution in [-0.2, 0) is 6.54 Å². The van der Waals surface area contributed by atoms with Crippen LogP contribution in [0.3, 0.4) is 0 Å². The third-order valence-electron chi connectivity index (χ3n) is 6.78. The van der Waals surface area contributed by atoms with Crippen LogP contribution in [0.5, 0.6) is 11.5 Å². The average molecular weight is 597 g/mol. The number of nitrogens with zero attached hydrogens (tertiary/aromatic N) is 6. The van der Waals surface area contributed by atoms with E-state index in [0.29, 0.717) is 24.1 Å². The maximum atomic E-state index is 12.4. The molecule has 0 amide bonds. The number of benzene rings is 3. The number of aryl methyl sites for hydroxylation is 1. The highest BCUT2D eigenvalue weighted by Gasteiger charge is 2.31. The molecule has 1 aliphatic rings. The standard InChI is InChI=1S/C30H31F3N6O2S/c1-20-17-26(40-4)13-14-27(20)39-21(2)15-16-42-29(39)36-37(3)18-22-5-7-23(8-6-22)28-34-19-38(35-28)24-9-11-25(12-10-24)41-30(31,32)33/h5-14,17,19,21H,15-16,18H2,1-4H3/b36-29-. The molecule has 0 aliphatic carbocycles. The van der Waals surface area contributed by atoms with Crippen molar-refractivity contribution in [1.29, 1.82) is 0 Å². The summed E-state index contributed by atoms with van der Waals surface area (Å²) in [6.45, 7) is 4.93. The fraction of sp³-hybridized carbons (Fsp3) is 0.300. The Morgan fingerprint density at radius 3 is 2.43 bits per heavy atom. The van der Waals surface area contributed by atoms with Crippen LogP contribution in [0.2, 0.25) is 0 Å². The summed E-state index contributed by atoms with van der Waals surface area (Å²) >= 11 is 1.76. The highest BCUT2D eigenvalue weighted by molar-refractivity contribution is 8.14. The summed E-state index contributed by atoms with van der Waals surface area (Å²) in [4.78, 5) is 6.67. The molecule has 4 aromatic rings. The maximum Gasteiger partial charge on any atom is 0.573 e. The molecular weight excluding hydrogens is 565 g/mol. The van der Waals surface area contributed by atoms with E-state index >= 15 is 0 Å². The zero-order valence-corrected chi connectivity index (χ0v) is 24.5. The Bertz CT molecular complexity index is 1540. The molecular formula is C30H31F3N6O2S. The lowest BCUT2D eigenvalue weighted by molar-refractivity contribution is -0.274. The minimum absolute atomic E-state index is 0.294. The van der Waals surface area contributed by atoms with E-state index in [9.17, 15) is 13.2 Å². The molecule has 0 radical (unpaired) electrons. The molecule has 8 nitrogen and oxygen atoms in total. The van der Waals surface area contributed by atoms with Crippen LogP contribution in [0.15, 0.2) is 78.2 Å². The van der Waals surface area contributed by atoms with Gasteiger partial charge in [-0.05, 0) is 73.9 Å². The number of halogens is 3.